The summed E-state index contributed by atoms with van der Waals surface area (Å²) in [6, 6.07) is 8.67. The maximum absolute atomic E-state index is 5.71. The Hall–Kier alpha value is -0.890. The minimum atomic E-state index is -0.0942. The first-order valence-electron chi connectivity index (χ1n) is 5.33. The molecule has 0 bridgehead atoms. The zero-order chi connectivity index (χ0) is 11.5. The van der Waals surface area contributed by atoms with Crippen LogP contribution in [0.5, 0.6) is 0 Å². The standard InChI is InChI=1S/C13H19NS/c1-4-10-5-7-11(8-6-10)9-13(2,3)12(14)15/h5-8H,4,9H2,1-3H3,(H2,14,15). The topological polar surface area (TPSA) is 26.0 Å². The Bertz CT molecular complexity index is 338. The smallest absolute Gasteiger partial charge is 0.0787 e. The minimum absolute atomic E-state index is 0.0942. The van der Waals surface area contributed by atoms with Crippen molar-refractivity contribution in [3.8, 4) is 0 Å². The lowest BCUT2D eigenvalue weighted by Gasteiger charge is -2.23. The summed E-state index contributed by atoms with van der Waals surface area (Å²) >= 11 is 5.06. The quantitative estimate of drug-likeness (QED) is 0.791. The molecule has 0 saturated heterocycles. The summed E-state index contributed by atoms with van der Waals surface area (Å²) in [6.45, 7) is 6.33. The minimum Gasteiger partial charge on any atom is -0.393 e. The Morgan fingerprint density at radius 1 is 1.20 bits per heavy atom. The first kappa shape index (κ1) is 12.2. The molecule has 2 N–H and O–H groups in total. The van der Waals surface area contributed by atoms with E-state index in [1.165, 1.54) is 11.1 Å². The molecule has 1 rings (SSSR count). The van der Waals surface area contributed by atoms with Gasteiger partial charge in [-0.25, -0.2) is 0 Å². The van der Waals surface area contributed by atoms with Crippen LogP contribution in [-0.2, 0) is 12.8 Å². The van der Waals surface area contributed by atoms with Crippen molar-refractivity contribution in [1.82, 2.24) is 0 Å². The van der Waals surface area contributed by atoms with Gasteiger partial charge in [-0.15, -0.1) is 0 Å². The average Bonchev–Trinajstić information content (AvgIpc) is 2.18. The SMILES string of the molecule is CCc1ccc(CC(C)(C)C(N)=S)cc1. The molecule has 2 heteroatoms. The van der Waals surface area contributed by atoms with E-state index < -0.39 is 0 Å². The number of benzene rings is 1. The summed E-state index contributed by atoms with van der Waals surface area (Å²) in [5.41, 5.74) is 8.28. The molecular weight excluding hydrogens is 202 g/mol. The average molecular weight is 221 g/mol. The molecule has 0 amide bonds. The Morgan fingerprint density at radius 3 is 2.07 bits per heavy atom. The molecule has 0 radical (unpaired) electrons. The van der Waals surface area contributed by atoms with Crippen LogP contribution in [0.25, 0.3) is 0 Å². The molecule has 1 aromatic rings. The van der Waals surface area contributed by atoms with Crippen LogP contribution >= 0.6 is 12.2 Å². The molecule has 0 heterocycles. The number of hydrogen-bond donors (Lipinski definition) is 1. The van der Waals surface area contributed by atoms with Crippen LogP contribution in [0.4, 0.5) is 0 Å². The molecule has 1 aromatic carbocycles. The maximum atomic E-state index is 5.71. The van der Waals surface area contributed by atoms with E-state index in [0.717, 1.165) is 12.8 Å². The first-order chi connectivity index (χ1) is 6.95. The molecule has 0 unspecified atom stereocenters. The van der Waals surface area contributed by atoms with Gasteiger partial charge in [0.2, 0.25) is 0 Å². The van der Waals surface area contributed by atoms with Crippen LogP contribution in [0.3, 0.4) is 0 Å². The molecule has 15 heavy (non-hydrogen) atoms. The number of aryl methyl sites for hydroxylation is 1. The molecule has 0 saturated carbocycles. The zero-order valence-corrected chi connectivity index (χ0v) is 10.5. The Kier molecular flexibility index (Phi) is 3.86. The lowest BCUT2D eigenvalue weighted by molar-refractivity contribution is 0.523. The monoisotopic (exact) mass is 221 g/mol. The van der Waals surface area contributed by atoms with Gasteiger partial charge in [-0.3, -0.25) is 0 Å². The number of hydrogen-bond acceptors (Lipinski definition) is 1. The van der Waals surface area contributed by atoms with Crippen molar-refractivity contribution in [2.45, 2.75) is 33.6 Å². The van der Waals surface area contributed by atoms with Crippen LogP contribution in [0.15, 0.2) is 24.3 Å². The number of rotatable bonds is 4. The highest BCUT2D eigenvalue weighted by molar-refractivity contribution is 7.80. The van der Waals surface area contributed by atoms with Crippen molar-refractivity contribution in [3.05, 3.63) is 35.4 Å². The third-order valence-corrected chi connectivity index (χ3v) is 3.30. The normalized spacial score (nSPS) is 11.4. The second kappa shape index (κ2) is 4.75. The lowest BCUT2D eigenvalue weighted by Crippen LogP contribution is -2.31. The summed E-state index contributed by atoms with van der Waals surface area (Å²) in [4.78, 5) is 0.585. The van der Waals surface area contributed by atoms with Gasteiger partial charge in [0.25, 0.3) is 0 Å². The van der Waals surface area contributed by atoms with E-state index in [-0.39, 0.29) is 5.41 Å². The molecule has 0 aliphatic heterocycles. The maximum Gasteiger partial charge on any atom is 0.0787 e. The third kappa shape index (κ3) is 3.31. The summed E-state index contributed by atoms with van der Waals surface area (Å²) in [6.07, 6.45) is 1.99. The van der Waals surface area contributed by atoms with E-state index in [0.29, 0.717) is 4.99 Å². The fraction of sp³-hybridized carbons (Fsp3) is 0.462. The number of nitrogens with two attached hydrogens (primary N) is 1. The molecule has 0 aromatic heterocycles. The summed E-state index contributed by atoms with van der Waals surface area (Å²) < 4.78 is 0. The summed E-state index contributed by atoms with van der Waals surface area (Å²) in [7, 11) is 0. The van der Waals surface area contributed by atoms with Crippen LogP contribution in [-0.4, -0.2) is 4.99 Å². The Morgan fingerprint density at radius 2 is 1.67 bits per heavy atom. The van der Waals surface area contributed by atoms with E-state index in [9.17, 15) is 0 Å². The van der Waals surface area contributed by atoms with E-state index >= 15 is 0 Å². The molecule has 0 aliphatic carbocycles. The number of thiocarbonyl (C=S) groups is 1. The molecule has 82 valence electrons. The second-order valence-corrected chi connectivity index (χ2v) is 5.03. The summed E-state index contributed by atoms with van der Waals surface area (Å²) in [5.74, 6) is 0. The van der Waals surface area contributed by atoms with E-state index in [1.54, 1.807) is 0 Å². The van der Waals surface area contributed by atoms with Crippen LogP contribution in [0.1, 0.15) is 31.9 Å². The van der Waals surface area contributed by atoms with Gasteiger partial charge in [-0.2, -0.15) is 0 Å². The van der Waals surface area contributed by atoms with Gasteiger partial charge in [0.1, 0.15) is 0 Å². The van der Waals surface area contributed by atoms with Gasteiger partial charge in [0, 0.05) is 5.41 Å². The van der Waals surface area contributed by atoms with Gasteiger partial charge >= 0.3 is 0 Å². The third-order valence-electron chi connectivity index (χ3n) is 2.74. The molecule has 1 nitrogen and oxygen atoms in total. The molecule has 0 fully saturated rings. The fourth-order valence-electron chi connectivity index (χ4n) is 1.49. The van der Waals surface area contributed by atoms with Gasteiger partial charge in [-0.05, 0) is 24.0 Å². The van der Waals surface area contributed by atoms with Crippen molar-refractivity contribution in [3.63, 3.8) is 0 Å². The highest BCUT2D eigenvalue weighted by Gasteiger charge is 2.21. The Balaban J connectivity index is 2.77. The fourth-order valence-corrected chi connectivity index (χ4v) is 1.56. The van der Waals surface area contributed by atoms with Gasteiger partial charge in [0.05, 0.1) is 4.99 Å². The highest BCUT2D eigenvalue weighted by Crippen LogP contribution is 2.22. The first-order valence-corrected chi connectivity index (χ1v) is 5.74. The van der Waals surface area contributed by atoms with E-state index in [4.69, 9.17) is 18.0 Å². The zero-order valence-electron chi connectivity index (χ0n) is 9.71. The molecule has 0 aliphatic rings. The van der Waals surface area contributed by atoms with Crippen molar-refractivity contribution >= 4 is 17.2 Å². The van der Waals surface area contributed by atoms with Crippen LogP contribution in [0.2, 0.25) is 0 Å². The molecule has 0 spiro atoms. The van der Waals surface area contributed by atoms with Gasteiger partial charge < -0.3 is 5.73 Å². The molecule has 0 atom stereocenters. The predicted molar refractivity (Wildman–Crippen MR) is 70.1 cm³/mol. The van der Waals surface area contributed by atoms with Crippen LogP contribution < -0.4 is 5.73 Å². The van der Waals surface area contributed by atoms with Gasteiger partial charge in [0.15, 0.2) is 0 Å². The van der Waals surface area contributed by atoms with Gasteiger partial charge in [-0.1, -0.05) is 57.3 Å². The summed E-state index contributed by atoms with van der Waals surface area (Å²) in [5, 5.41) is 0. The second-order valence-electron chi connectivity index (χ2n) is 4.59. The molecular formula is C13H19NS. The van der Waals surface area contributed by atoms with Crippen molar-refractivity contribution in [1.29, 1.82) is 0 Å². The van der Waals surface area contributed by atoms with E-state index in [1.807, 2.05) is 0 Å². The highest BCUT2D eigenvalue weighted by atomic mass is 32.1. The largest absolute Gasteiger partial charge is 0.393 e. The Labute approximate surface area is 97.7 Å². The lowest BCUT2D eigenvalue weighted by atomic mass is 9.85. The van der Waals surface area contributed by atoms with Crippen LogP contribution in [0, 0.1) is 5.41 Å². The van der Waals surface area contributed by atoms with Crippen molar-refractivity contribution in [2.24, 2.45) is 11.1 Å². The van der Waals surface area contributed by atoms with Crippen molar-refractivity contribution in [2.75, 3.05) is 0 Å². The predicted octanol–water partition coefficient (Wildman–Crippen LogP) is 3.10. The van der Waals surface area contributed by atoms with E-state index in [2.05, 4.69) is 45.0 Å². The van der Waals surface area contributed by atoms with Crippen molar-refractivity contribution < 1.29 is 0 Å².